The Hall–Kier alpha value is -2.24. The minimum Gasteiger partial charge on any atom is -0.409 e. The average molecular weight is 278 g/mol. The third-order valence-corrected chi connectivity index (χ3v) is 3.09. The molecule has 0 bridgehead atoms. The van der Waals surface area contributed by atoms with Crippen LogP contribution in [0.5, 0.6) is 0 Å². The summed E-state index contributed by atoms with van der Waals surface area (Å²) in [7, 11) is 0. The topological polar surface area (TPSA) is 90.9 Å². The highest BCUT2D eigenvalue weighted by atomic mass is 16.4. The highest BCUT2D eigenvalue weighted by Gasteiger charge is 2.17. The van der Waals surface area contributed by atoms with Crippen LogP contribution in [-0.4, -0.2) is 35.1 Å². The molecule has 0 heterocycles. The van der Waals surface area contributed by atoms with E-state index in [2.05, 4.69) is 10.5 Å². The van der Waals surface area contributed by atoms with Crippen molar-refractivity contribution in [3.8, 4) is 0 Å². The van der Waals surface area contributed by atoms with Gasteiger partial charge in [-0.25, -0.2) is 4.79 Å². The first-order valence-electron chi connectivity index (χ1n) is 6.58. The van der Waals surface area contributed by atoms with Gasteiger partial charge in [-0.15, -0.1) is 0 Å². The molecule has 0 fully saturated rings. The Morgan fingerprint density at radius 2 is 2.05 bits per heavy atom. The summed E-state index contributed by atoms with van der Waals surface area (Å²) < 4.78 is 0. The first-order valence-corrected chi connectivity index (χ1v) is 6.58. The van der Waals surface area contributed by atoms with Crippen molar-refractivity contribution in [1.29, 1.82) is 0 Å². The molecule has 110 valence electrons. The third kappa shape index (κ3) is 4.46. The van der Waals surface area contributed by atoms with E-state index < -0.39 is 0 Å². The van der Waals surface area contributed by atoms with Crippen LogP contribution in [-0.2, 0) is 0 Å². The van der Waals surface area contributed by atoms with Gasteiger partial charge in [-0.3, -0.25) is 0 Å². The van der Waals surface area contributed by atoms with Crippen LogP contribution >= 0.6 is 0 Å². The number of carbonyl (C=O) groups excluding carboxylic acids is 1. The van der Waals surface area contributed by atoms with E-state index in [0.717, 1.165) is 11.3 Å². The minimum absolute atomic E-state index is 0.117. The second-order valence-corrected chi connectivity index (χ2v) is 4.76. The van der Waals surface area contributed by atoms with E-state index in [4.69, 9.17) is 10.9 Å². The van der Waals surface area contributed by atoms with Crippen LogP contribution in [0.4, 0.5) is 10.5 Å². The fraction of sp³-hybridized carbons (Fsp3) is 0.429. The number of amides is 2. The van der Waals surface area contributed by atoms with Gasteiger partial charge in [-0.05, 0) is 26.0 Å². The third-order valence-electron chi connectivity index (χ3n) is 3.09. The van der Waals surface area contributed by atoms with E-state index in [1.54, 1.807) is 11.8 Å². The highest BCUT2D eigenvalue weighted by molar-refractivity contribution is 5.90. The van der Waals surface area contributed by atoms with Gasteiger partial charge in [-0.1, -0.05) is 29.8 Å². The maximum absolute atomic E-state index is 12.1. The second kappa shape index (κ2) is 7.37. The lowest BCUT2D eigenvalue weighted by molar-refractivity contribution is 0.210. The van der Waals surface area contributed by atoms with Crippen LogP contribution in [0.25, 0.3) is 0 Å². The van der Waals surface area contributed by atoms with Gasteiger partial charge in [0.15, 0.2) is 0 Å². The largest absolute Gasteiger partial charge is 0.409 e. The summed E-state index contributed by atoms with van der Waals surface area (Å²) in [6, 6.07) is 7.38. The number of nitrogens with zero attached hydrogens (tertiary/aromatic N) is 2. The van der Waals surface area contributed by atoms with Crippen molar-refractivity contribution in [2.75, 3.05) is 18.4 Å². The van der Waals surface area contributed by atoms with Gasteiger partial charge in [0.1, 0.15) is 5.84 Å². The number of urea groups is 1. The Morgan fingerprint density at radius 3 is 2.55 bits per heavy atom. The number of nitrogens with one attached hydrogen (secondary N) is 1. The molecule has 0 aliphatic carbocycles. The maximum atomic E-state index is 12.1. The summed E-state index contributed by atoms with van der Waals surface area (Å²) in [6.07, 6.45) is 0. The first-order chi connectivity index (χ1) is 9.47. The molecule has 1 aromatic rings. The molecule has 2 amide bonds. The number of benzene rings is 1. The Kier molecular flexibility index (Phi) is 5.83. The van der Waals surface area contributed by atoms with Crippen molar-refractivity contribution in [1.82, 2.24) is 4.90 Å². The molecule has 1 atom stereocenters. The predicted molar refractivity (Wildman–Crippen MR) is 80.0 cm³/mol. The molecule has 1 rings (SSSR count). The van der Waals surface area contributed by atoms with E-state index in [1.807, 2.05) is 38.1 Å². The Morgan fingerprint density at radius 1 is 1.45 bits per heavy atom. The molecule has 0 aliphatic heterocycles. The van der Waals surface area contributed by atoms with Gasteiger partial charge in [-0.2, -0.15) is 0 Å². The zero-order valence-electron chi connectivity index (χ0n) is 12.1. The standard InChI is InChI=1S/C14H22N4O2/c1-4-18(9-11(3)13(15)17-20)14(19)16-12-7-5-10(2)6-8-12/h5-8,11,20H,4,9H2,1-3H3,(H2,15,17)(H,16,19). The lowest BCUT2D eigenvalue weighted by Gasteiger charge is -2.24. The van der Waals surface area contributed by atoms with Gasteiger partial charge in [0.2, 0.25) is 0 Å². The van der Waals surface area contributed by atoms with Gasteiger partial charge in [0, 0.05) is 24.7 Å². The van der Waals surface area contributed by atoms with Crippen molar-refractivity contribution in [3.05, 3.63) is 29.8 Å². The molecule has 6 heteroatoms. The van der Waals surface area contributed by atoms with E-state index in [0.29, 0.717) is 13.1 Å². The molecule has 4 N–H and O–H groups in total. The molecule has 0 spiro atoms. The van der Waals surface area contributed by atoms with Crippen LogP contribution in [0.15, 0.2) is 29.4 Å². The van der Waals surface area contributed by atoms with Gasteiger partial charge >= 0.3 is 6.03 Å². The number of anilines is 1. The lowest BCUT2D eigenvalue weighted by atomic mass is 10.1. The smallest absolute Gasteiger partial charge is 0.321 e. The Balaban J connectivity index is 2.65. The molecular formula is C14H22N4O2. The van der Waals surface area contributed by atoms with Gasteiger partial charge < -0.3 is 21.2 Å². The van der Waals surface area contributed by atoms with Crippen LogP contribution in [0.3, 0.4) is 0 Å². The Bertz CT molecular complexity index is 471. The fourth-order valence-electron chi connectivity index (χ4n) is 1.72. The number of hydrogen-bond donors (Lipinski definition) is 3. The maximum Gasteiger partial charge on any atom is 0.321 e. The summed E-state index contributed by atoms with van der Waals surface area (Å²) in [4.78, 5) is 13.8. The summed E-state index contributed by atoms with van der Waals surface area (Å²) >= 11 is 0. The number of rotatable bonds is 5. The van der Waals surface area contributed by atoms with Gasteiger partial charge in [0.25, 0.3) is 0 Å². The molecule has 0 radical (unpaired) electrons. The average Bonchev–Trinajstić information content (AvgIpc) is 2.45. The molecule has 20 heavy (non-hydrogen) atoms. The zero-order chi connectivity index (χ0) is 15.1. The number of carbonyl (C=O) groups is 1. The fourth-order valence-corrected chi connectivity index (χ4v) is 1.72. The van der Waals surface area contributed by atoms with Crippen molar-refractivity contribution in [3.63, 3.8) is 0 Å². The van der Waals surface area contributed by atoms with Crippen LogP contribution in [0, 0.1) is 12.8 Å². The minimum atomic E-state index is -0.205. The molecular weight excluding hydrogens is 256 g/mol. The van der Waals surface area contributed by atoms with E-state index in [9.17, 15) is 4.79 Å². The van der Waals surface area contributed by atoms with Crippen LogP contribution in [0.2, 0.25) is 0 Å². The zero-order valence-corrected chi connectivity index (χ0v) is 12.1. The number of aryl methyl sites for hydroxylation is 1. The molecule has 1 aromatic carbocycles. The first kappa shape index (κ1) is 15.8. The van der Waals surface area contributed by atoms with Crippen molar-refractivity contribution >= 4 is 17.6 Å². The van der Waals surface area contributed by atoms with E-state index in [-0.39, 0.29) is 17.8 Å². The summed E-state index contributed by atoms with van der Waals surface area (Å²) in [6.45, 7) is 6.61. The number of oxime groups is 1. The molecule has 0 saturated carbocycles. The van der Waals surface area contributed by atoms with Crippen molar-refractivity contribution in [2.24, 2.45) is 16.8 Å². The number of amidine groups is 1. The number of nitrogens with two attached hydrogens (primary N) is 1. The molecule has 1 unspecified atom stereocenters. The molecule has 0 saturated heterocycles. The number of hydrogen-bond acceptors (Lipinski definition) is 3. The normalized spacial score (nSPS) is 12.8. The lowest BCUT2D eigenvalue weighted by Crippen LogP contribution is -2.41. The predicted octanol–water partition coefficient (Wildman–Crippen LogP) is 2.23. The summed E-state index contributed by atoms with van der Waals surface area (Å²) in [5.74, 6) is -0.0877. The monoisotopic (exact) mass is 278 g/mol. The SMILES string of the molecule is CCN(CC(C)C(N)=NO)C(=O)Nc1ccc(C)cc1. The van der Waals surface area contributed by atoms with Crippen LogP contribution < -0.4 is 11.1 Å². The Labute approximate surface area is 119 Å². The van der Waals surface area contributed by atoms with Crippen molar-refractivity contribution < 1.29 is 10.0 Å². The van der Waals surface area contributed by atoms with Crippen molar-refractivity contribution in [2.45, 2.75) is 20.8 Å². The van der Waals surface area contributed by atoms with E-state index >= 15 is 0 Å². The molecule has 0 aromatic heterocycles. The second-order valence-electron chi connectivity index (χ2n) is 4.76. The summed E-state index contributed by atoms with van der Waals surface area (Å²) in [5.41, 5.74) is 7.41. The molecule has 0 aliphatic rings. The highest BCUT2D eigenvalue weighted by Crippen LogP contribution is 2.10. The quantitative estimate of drug-likeness (QED) is 0.334. The molecule has 6 nitrogen and oxygen atoms in total. The van der Waals surface area contributed by atoms with Gasteiger partial charge in [0.05, 0.1) is 0 Å². The van der Waals surface area contributed by atoms with Crippen LogP contribution in [0.1, 0.15) is 19.4 Å². The summed E-state index contributed by atoms with van der Waals surface area (Å²) in [5, 5.41) is 14.4. The van der Waals surface area contributed by atoms with E-state index in [1.165, 1.54) is 0 Å².